The minimum atomic E-state index is -3.66. The van der Waals surface area contributed by atoms with Crippen molar-refractivity contribution in [2.45, 2.75) is 10.6 Å². The monoisotopic (exact) mass is 346 g/mol. The third kappa shape index (κ3) is 3.39. The molecule has 100 valence electrons. The Morgan fingerprint density at radius 3 is 2.32 bits per heavy atom. The highest BCUT2D eigenvalue weighted by Crippen LogP contribution is 2.23. The highest BCUT2D eigenvalue weighted by atomic mass is 79.9. The fourth-order valence-electron chi connectivity index (χ4n) is 1.59. The average molecular weight is 347 g/mol. The Labute approximate surface area is 118 Å². The zero-order chi connectivity index (χ0) is 14.0. The van der Waals surface area contributed by atoms with Crippen molar-refractivity contribution < 1.29 is 17.2 Å². The first-order chi connectivity index (χ1) is 8.88. The topological polar surface area (TPSA) is 34.1 Å². The summed E-state index contributed by atoms with van der Waals surface area (Å²) in [6.07, 6.45) is 0. The molecule has 0 aliphatic heterocycles. The van der Waals surface area contributed by atoms with E-state index in [4.69, 9.17) is 0 Å². The van der Waals surface area contributed by atoms with E-state index in [1.807, 2.05) is 0 Å². The number of hydrogen-bond donors (Lipinski definition) is 0. The average Bonchev–Trinajstić information content (AvgIpc) is 2.33. The second-order valence-electron chi connectivity index (χ2n) is 3.95. The predicted octanol–water partition coefficient (Wildman–Crippen LogP) is 3.70. The van der Waals surface area contributed by atoms with Gasteiger partial charge in [-0.1, -0.05) is 28.1 Å². The highest BCUT2D eigenvalue weighted by molar-refractivity contribution is 9.10. The van der Waals surface area contributed by atoms with E-state index < -0.39 is 21.5 Å². The second-order valence-corrected chi connectivity index (χ2v) is 6.80. The van der Waals surface area contributed by atoms with E-state index in [-0.39, 0.29) is 10.6 Å². The van der Waals surface area contributed by atoms with Gasteiger partial charge in [0.25, 0.3) is 0 Å². The Kier molecular flexibility index (Phi) is 4.01. The summed E-state index contributed by atoms with van der Waals surface area (Å²) in [7, 11) is -3.66. The van der Waals surface area contributed by atoms with Gasteiger partial charge in [-0.15, -0.1) is 0 Å². The van der Waals surface area contributed by atoms with Gasteiger partial charge in [-0.25, -0.2) is 17.2 Å². The van der Waals surface area contributed by atoms with Crippen LogP contribution >= 0.6 is 15.9 Å². The molecule has 0 amide bonds. The molecule has 19 heavy (non-hydrogen) atoms. The largest absolute Gasteiger partial charge is 0.223 e. The minimum Gasteiger partial charge on any atom is -0.223 e. The Morgan fingerprint density at radius 1 is 1.00 bits per heavy atom. The molecule has 0 radical (unpaired) electrons. The quantitative estimate of drug-likeness (QED) is 0.849. The van der Waals surface area contributed by atoms with Gasteiger partial charge in [0, 0.05) is 4.47 Å². The highest BCUT2D eigenvalue weighted by Gasteiger charge is 2.17. The number of hydrogen-bond acceptors (Lipinski definition) is 2. The van der Waals surface area contributed by atoms with E-state index in [2.05, 4.69) is 15.9 Å². The normalized spacial score (nSPS) is 11.5. The fraction of sp³-hybridized carbons (Fsp3) is 0.0769. The van der Waals surface area contributed by atoms with Crippen LogP contribution in [-0.4, -0.2) is 8.42 Å². The van der Waals surface area contributed by atoms with Gasteiger partial charge >= 0.3 is 0 Å². The first-order valence-corrected chi connectivity index (χ1v) is 7.75. The summed E-state index contributed by atoms with van der Waals surface area (Å²) < 4.78 is 50.6. The summed E-state index contributed by atoms with van der Waals surface area (Å²) in [5.41, 5.74) is 0.422. The van der Waals surface area contributed by atoms with Crippen LogP contribution in [0.25, 0.3) is 0 Å². The van der Waals surface area contributed by atoms with E-state index in [1.165, 1.54) is 36.4 Å². The van der Waals surface area contributed by atoms with Crippen LogP contribution in [0.15, 0.2) is 51.8 Å². The molecular formula is C13H9BrF2O2S. The van der Waals surface area contributed by atoms with Crippen LogP contribution in [0.5, 0.6) is 0 Å². The molecule has 6 heteroatoms. The molecule has 0 heterocycles. The molecule has 0 fully saturated rings. The smallest absolute Gasteiger partial charge is 0.182 e. The first-order valence-electron chi connectivity index (χ1n) is 5.31. The van der Waals surface area contributed by atoms with Gasteiger partial charge in [-0.3, -0.25) is 0 Å². The van der Waals surface area contributed by atoms with Crippen LogP contribution < -0.4 is 0 Å². The molecule has 2 rings (SSSR count). The maximum Gasteiger partial charge on any atom is 0.182 e. The third-order valence-electron chi connectivity index (χ3n) is 2.52. The van der Waals surface area contributed by atoms with Crippen LogP contribution in [0.3, 0.4) is 0 Å². The van der Waals surface area contributed by atoms with Crippen LogP contribution in [0.4, 0.5) is 8.78 Å². The first kappa shape index (κ1) is 14.1. The Balaban J connectivity index is 2.36. The van der Waals surface area contributed by atoms with E-state index in [0.717, 1.165) is 6.07 Å². The lowest BCUT2D eigenvalue weighted by atomic mass is 10.2. The molecule has 0 bridgehead atoms. The molecule has 0 atom stereocenters. The second kappa shape index (κ2) is 5.38. The van der Waals surface area contributed by atoms with E-state index >= 15 is 0 Å². The van der Waals surface area contributed by atoms with Gasteiger partial charge in [-0.2, -0.15) is 0 Å². The molecule has 0 unspecified atom stereocenters. The van der Waals surface area contributed by atoms with Crippen LogP contribution in [-0.2, 0) is 15.6 Å². The van der Waals surface area contributed by atoms with Gasteiger partial charge in [0.2, 0.25) is 0 Å². The summed E-state index contributed by atoms with van der Waals surface area (Å²) in [6, 6.07) is 8.56. The molecule has 0 spiro atoms. The van der Waals surface area contributed by atoms with Gasteiger partial charge < -0.3 is 0 Å². The number of rotatable bonds is 3. The van der Waals surface area contributed by atoms with Crippen LogP contribution in [0.2, 0.25) is 0 Å². The van der Waals surface area contributed by atoms with Gasteiger partial charge in [0.15, 0.2) is 9.84 Å². The third-order valence-corrected chi connectivity index (χ3v) is 4.92. The number of halogens is 3. The maximum absolute atomic E-state index is 13.0. The fourth-order valence-corrected chi connectivity index (χ4v) is 3.67. The molecule has 0 saturated heterocycles. The minimum absolute atomic E-state index is 0.0938. The number of benzene rings is 2. The summed E-state index contributed by atoms with van der Waals surface area (Å²) in [6.45, 7) is 0. The van der Waals surface area contributed by atoms with Gasteiger partial charge in [0.1, 0.15) is 11.6 Å². The maximum atomic E-state index is 13.0. The van der Waals surface area contributed by atoms with Crippen molar-refractivity contribution in [1.29, 1.82) is 0 Å². The summed E-state index contributed by atoms with van der Waals surface area (Å²) in [5, 5.41) is 0. The molecule has 2 aromatic rings. The molecule has 0 saturated carbocycles. The molecule has 0 aliphatic rings. The van der Waals surface area contributed by atoms with E-state index in [9.17, 15) is 17.2 Å². The Bertz CT molecular complexity index is 714. The number of sulfone groups is 1. The van der Waals surface area contributed by atoms with Gasteiger partial charge in [0.05, 0.1) is 10.6 Å². The van der Waals surface area contributed by atoms with Crippen molar-refractivity contribution in [2.24, 2.45) is 0 Å². The lowest BCUT2D eigenvalue weighted by Gasteiger charge is -2.07. The van der Waals surface area contributed by atoms with Crippen molar-refractivity contribution in [1.82, 2.24) is 0 Å². The standard InChI is InChI=1S/C13H9BrF2O2S/c14-13-7-11(16)5-4-9(13)8-19(17,18)12-3-1-2-10(15)6-12/h1-7H,8H2. The van der Waals surface area contributed by atoms with Crippen molar-refractivity contribution >= 4 is 25.8 Å². The molecule has 0 aliphatic carbocycles. The SMILES string of the molecule is O=S(=O)(Cc1ccc(F)cc1Br)c1cccc(F)c1. The van der Waals surface area contributed by atoms with Crippen molar-refractivity contribution in [2.75, 3.05) is 0 Å². The summed E-state index contributed by atoms with van der Waals surface area (Å²) >= 11 is 3.11. The molecule has 2 aromatic carbocycles. The molecular weight excluding hydrogens is 338 g/mol. The predicted molar refractivity (Wildman–Crippen MR) is 71.4 cm³/mol. The molecule has 0 aromatic heterocycles. The lowest BCUT2D eigenvalue weighted by molar-refractivity contribution is 0.589. The van der Waals surface area contributed by atoms with E-state index in [1.54, 1.807) is 0 Å². The zero-order valence-electron chi connectivity index (χ0n) is 9.61. The molecule has 0 N–H and O–H groups in total. The van der Waals surface area contributed by atoms with Crippen molar-refractivity contribution in [3.05, 3.63) is 64.1 Å². The van der Waals surface area contributed by atoms with E-state index in [0.29, 0.717) is 10.0 Å². The molecule has 2 nitrogen and oxygen atoms in total. The summed E-state index contributed by atoms with van der Waals surface area (Å²) in [5.74, 6) is -1.39. The van der Waals surface area contributed by atoms with Crippen molar-refractivity contribution in [3.8, 4) is 0 Å². The van der Waals surface area contributed by atoms with Crippen LogP contribution in [0.1, 0.15) is 5.56 Å². The van der Waals surface area contributed by atoms with Gasteiger partial charge in [-0.05, 0) is 35.9 Å². The Hall–Kier alpha value is -1.27. The lowest BCUT2D eigenvalue weighted by Crippen LogP contribution is -2.06. The van der Waals surface area contributed by atoms with Crippen LogP contribution in [0, 0.1) is 11.6 Å². The summed E-state index contributed by atoms with van der Waals surface area (Å²) in [4.78, 5) is -0.0938. The van der Waals surface area contributed by atoms with Crippen molar-refractivity contribution in [3.63, 3.8) is 0 Å². The zero-order valence-corrected chi connectivity index (χ0v) is 12.0. The Morgan fingerprint density at radius 2 is 1.68 bits per heavy atom.